The summed E-state index contributed by atoms with van der Waals surface area (Å²) in [5.74, 6) is -0.653. The molecule has 0 spiro atoms. The molecular weight excluding hydrogens is 306 g/mol. The van der Waals surface area contributed by atoms with Gasteiger partial charge in [-0.05, 0) is 12.1 Å². The predicted molar refractivity (Wildman–Crippen MR) is 69.8 cm³/mol. The average Bonchev–Trinajstić information content (AvgIpc) is 2.61. The van der Waals surface area contributed by atoms with Crippen LogP contribution in [0.1, 0.15) is 17.2 Å². The Bertz CT molecular complexity index is 556. The third kappa shape index (κ3) is 2.59. The summed E-state index contributed by atoms with van der Waals surface area (Å²) in [6.07, 6.45) is -1.18. The third-order valence-corrected chi connectivity index (χ3v) is 4.06. The van der Waals surface area contributed by atoms with Gasteiger partial charge in [-0.25, -0.2) is 4.39 Å². The molecule has 0 saturated carbocycles. The molecule has 1 unspecified atom stereocenters. The normalized spacial score (nSPS) is 12.8. The van der Waals surface area contributed by atoms with E-state index in [4.69, 9.17) is 34.8 Å². The summed E-state index contributed by atoms with van der Waals surface area (Å²) in [6.45, 7) is 0. The highest BCUT2D eigenvalue weighted by Crippen LogP contribution is 2.38. The smallest absolute Gasteiger partial charge is 0.147 e. The van der Waals surface area contributed by atoms with Crippen LogP contribution in [0.25, 0.3) is 0 Å². The van der Waals surface area contributed by atoms with Crippen molar-refractivity contribution in [1.29, 1.82) is 0 Å². The number of rotatable bonds is 2. The van der Waals surface area contributed by atoms with Crippen molar-refractivity contribution in [2.45, 2.75) is 6.10 Å². The summed E-state index contributed by atoms with van der Waals surface area (Å²) in [7, 11) is 0. The molecule has 0 saturated heterocycles. The zero-order valence-corrected chi connectivity index (χ0v) is 11.3. The lowest BCUT2D eigenvalue weighted by Crippen LogP contribution is -2.02. The van der Waals surface area contributed by atoms with Gasteiger partial charge in [-0.1, -0.05) is 46.9 Å². The van der Waals surface area contributed by atoms with E-state index in [1.54, 1.807) is 6.07 Å². The van der Waals surface area contributed by atoms with E-state index < -0.39 is 11.9 Å². The molecule has 0 radical (unpaired) electrons. The molecule has 1 N–H and O–H groups in total. The third-order valence-electron chi connectivity index (χ3n) is 2.25. The van der Waals surface area contributed by atoms with Crippen LogP contribution in [0.3, 0.4) is 0 Å². The van der Waals surface area contributed by atoms with Gasteiger partial charge in [-0.15, -0.1) is 11.3 Å². The Kier molecular flexibility index (Phi) is 3.95. The molecule has 1 nitrogen and oxygen atoms in total. The Morgan fingerprint density at radius 1 is 1.18 bits per heavy atom. The van der Waals surface area contributed by atoms with Gasteiger partial charge in [0.1, 0.15) is 16.3 Å². The van der Waals surface area contributed by atoms with Crippen LogP contribution >= 0.6 is 46.1 Å². The van der Waals surface area contributed by atoms with Gasteiger partial charge in [-0.3, -0.25) is 0 Å². The molecule has 1 atom stereocenters. The Hall–Kier alpha value is -0.320. The number of aliphatic hydroxyl groups is 1. The van der Waals surface area contributed by atoms with Gasteiger partial charge in [0, 0.05) is 11.1 Å². The summed E-state index contributed by atoms with van der Waals surface area (Å²) in [5, 5.41) is 10.0. The van der Waals surface area contributed by atoms with E-state index in [0.717, 1.165) is 11.3 Å². The zero-order chi connectivity index (χ0) is 12.6. The second-order valence-electron chi connectivity index (χ2n) is 3.33. The van der Waals surface area contributed by atoms with Gasteiger partial charge < -0.3 is 5.11 Å². The van der Waals surface area contributed by atoms with Gasteiger partial charge in [0.25, 0.3) is 0 Å². The van der Waals surface area contributed by atoms with E-state index in [2.05, 4.69) is 0 Å². The lowest BCUT2D eigenvalue weighted by atomic mass is 10.0. The SMILES string of the molecule is OC(c1cc(Cl)sc1Cl)c1cccc(Cl)c1F. The second kappa shape index (κ2) is 5.12. The van der Waals surface area contributed by atoms with E-state index >= 15 is 0 Å². The van der Waals surface area contributed by atoms with Crippen LogP contribution in [-0.2, 0) is 0 Å². The standard InChI is InChI=1S/C11H6Cl3FOS/c12-7-3-1-2-5(9(7)15)10(16)6-4-8(13)17-11(6)14/h1-4,10,16H. The molecule has 0 fully saturated rings. The molecule has 2 rings (SSSR count). The highest BCUT2D eigenvalue weighted by atomic mass is 35.5. The van der Waals surface area contributed by atoms with Crippen molar-refractivity contribution < 1.29 is 9.50 Å². The van der Waals surface area contributed by atoms with E-state index in [-0.39, 0.29) is 10.6 Å². The Balaban J connectivity index is 2.47. The average molecular weight is 312 g/mol. The van der Waals surface area contributed by atoms with Crippen molar-refractivity contribution >= 4 is 46.1 Å². The summed E-state index contributed by atoms with van der Waals surface area (Å²) >= 11 is 18.4. The maximum atomic E-state index is 13.7. The molecule has 0 aliphatic rings. The first-order valence-electron chi connectivity index (χ1n) is 4.57. The summed E-state index contributed by atoms with van der Waals surface area (Å²) in [6, 6.07) is 5.94. The molecule has 90 valence electrons. The van der Waals surface area contributed by atoms with Crippen LogP contribution in [0, 0.1) is 5.82 Å². The van der Waals surface area contributed by atoms with Crippen LogP contribution in [0.15, 0.2) is 24.3 Å². The highest BCUT2D eigenvalue weighted by Gasteiger charge is 2.21. The Morgan fingerprint density at radius 2 is 1.88 bits per heavy atom. The number of thiophene rings is 1. The first-order chi connectivity index (χ1) is 8.00. The minimum atomic E-state index is -1.18. The van der Waals surface area contributed by atoms with Gasteiger partial charge in [-0.2, -0.15) is 0 Å². The minimum absolute atomic E-state index is 0.0426. The van der Waals surface area contributed by atoms with Crippen molar-refractivity contribution in [3.8, 4) is 0 Å². The Labute approximate surface area is 116 Å². The van der Waals surface area contributed by atoms with Crippen molar-refractivity contribution in [3.05, 3.63) is 54.9 Å². The van der Waals surface area contributed by atoms with E-state index in [1.165, 1.54) is 18.2 Å². The second-order valence-corrected chi connectivity index (χ2v) is 6.02. The first kappa shape index (κ1) is 13.1. The molecule has 0 aliphatic carbocycles. The number of hydrogen-bond acceptors (Lipinski definition) is 2. The van der Waals surface area contributed by atoms with Crippen molar-refractivity contribution in [2.75, 3.05) is 0 Å². The van der Waals surface area contributed by atoms with Gasteiger partial charge in [0.05, 0.1) is 9.36 Å². The zero-order valence-electron chi connectivity index (χ0n) is 8.25. The summed E-state index contributed by atoms with van der Waals surface area (Å²) in [4.78, 5) is 0. The maximum Gasteiger partial charge on any atom is 0.147 e. The number of aliphatic hydroxyl groups excluding tert-OH is 1. The van der Waals surface area contributed by atoms with E-state index in [1.807, 2.05) is 0 Å². The van der Waals surface area contributed by atoms with Crippen LogP contribution in [0.5, 0.6) is 0 Å². The van der Waals surface area contributed by atoms with Crippen molar-refractivity contribution in [2.24, 2.45) is 0 Å². The van der Waals surface area contributed by atoms with Crippen LogP contribution < -0.4 is 0 Å². The lowest BCUT2D eigenvalue weighted by molar-refractivity contribution is 0.215. The molecule has 1 heterocycles. The first-order valence-corrected chi connectivity index (χ1v) is 6.52. The van der Waals surface area contributed by atoms with Crippen LogP contribution in [-0.4, -0.2) is 5.11 Å². The number of halogens is 4. The molecule has 2 aromatic rings. The van der Waals surface area contributed by atoms with Gasteiger partial charge in [0.2, 0.25) is 0 Å². The fraction of sp³-hybridized carbons (Fsp3) is 0.0909. The summed E-state index contributed by atoms with van der Waals surface area (Å²) in [5.41, 5.74) is 0.455. The van der Waals surface area contributed by atoms with Crippen molar-refractivity contribution in [3.63, 3.8) is 0 Å². The topological polar surface area (TPSA) is 20.2 Å². The minimum Gasteiger partial charge on any atom is -0.383 e. The molecule has 6 heteroatoms. The largest absolute Gasteiger partial charge is 0.383 e. The van der Waals surface area contributed by atoms with E-state index in [0.29, 0.717) is 14.2 Å². The van der Waals surface area contributed by atoms with E-state index in [9.17, 15) is 9.50 Å². The fourth-order valence-electron chi connectivity index (χ4n) is 1.44. The van der Waals surface area contributed by atoms with Crippen LogP contribution in [0.2, 0.25) is 13.7 Å². The van der Waals surface area contributed by atoms with Crippen molar-refractivity contribution in [1.82, 2.24) is 0 Å². The van der Waals surface area contributed by atoms with Gasteiger partial charge >= 0.3 is 0 Å². The quantitative estimate of drug-likeness (QED) is 0.834. The Morgan fingerprint density at radius 3 is 2.47 bits per heavy atom. The number of hydrogen-bond donors (Lipinski definition) is 1. The van der Waals surface area contributed by atoms with Gasteiger partial charge in [0.15, 0.2) is 0 Å². The molecule has 1 aromatic carbocycles. The summed E-state index contributed by atoms with van der Waals surface area (Å²) < 4.78 is 14.5. The molecule has 17 heavy (non-hydrogen) atoms. The number of benzene rings is 1. The fourth-order valence-corrected chi connectivity index (χ4v) is 3.14. The monoisotopic (exact) mass is 310 g/mol. The van der Waals surface area contributed by atoms with Crippen LogP contribution in [0.4, 0.5) is 4.39 Å². The predicted octanol–water partition coefficient (Wildman–Crippen LogP) is 4.93. The molecule has 0 aliphatic heterocycles. The highest BCUT2D eigenvalue weighted by molar-refractivity contribution is 7.20. The maximum absolute atomic E-state index is 13.7. The molecule has 0 bridgehead atoms. The molecule has 1 aromatic heterocycles. The molecular formula is C11H6Cl3FOS. The molecule has 0 amide bonds. The lowest BCUT2D eigenvalue weighted by Gasteiger charge is -2.11.